The van der Waals surface area contributed by atoms with Gasteiger partial charge in [-0.05, 0) is 29.2 Å². The number of nitrogens with zero attached hydrogens (tertiary/aromatic N) is 4. The summed E-state index contributed by atoms with van der Waals surface area (Å²) in [6.45, 7) is 2.11. The molecule has 0 bridgehead atoms. The molecule has 10 heteroatoms. The minimum atomic E-state index is -1.12. The summed E-state index contributed by atoms with van der Waals surface area (Å²) >= 11 is 0. The van der Waals surface area contributed by atoms with Gasteiger partial charge in [0.2, 0.25) is 0 Å². The first kappa shape index (κ1) is 23.0. The van der Waals surface area contributed by atoms with Gasteiger partial charge in [-0.25, -0.2) is 14.3 Å². The van der Waals surface area contributed by atoms with E-state index in [-0.39, 0.29) is 31.3 Å². The summed E-state index contributed by atoms with van der Waals surface area (Å²) in [7, 11) is 1.39. The van der Waals surface area contributed by atoms with E-state index in [9.17, 15) is 14.4 Å². The number of ether oxygens (including phenoxy) is 1. The number of likely N-dealkylation sites (N-methyl/N-ethyl adjacent to an activating group) is 1. The molecule has 0 fully saturated rings. The highest BCUT2D eigenvalue weighted by molar-refractivity contribution is 5.94. The monoisotopic (exact) mass is 463 g/mol. The van der Waals surface area contributed by atoms with Crippen LogP contribution >= 0.6 is 0 Å². The lowest BCUT2D eigenvalue weighted by Gasteiger charge is -2.19. The Hall–Kier alpha value is -4.21. The fourth-order valence-corrected chi connectivity index (χ4v) is 3.95. The minimum absolute atomic E-state index is 0.0211. The first-order chi connectivity index (χ1) is 16.4. The normalized spacial score (nSPS) is 13.0. The second-order valence-corrected chi connectivity index (χ2v) is 8.05. The number of nitrogens with one attached hydrogen (secondary N) is 1. The quantitative estimate of drug-likeness (QED) is 0.525. The first-order valence-electron chi connectivity index (χ1n) is 10.9. The third kappa shape index (κ3) is 4.61. The van der Waals surface area contributed by atoms with Crippen LogP contribution in [0.15, 0.2) is 54.7 Å². The SMILES string of the molecule is C[C@@H](C(=O)O)N(C)C(=O)c1cn(CCNC(=O)OCC2c3ccccc3-c3ccccc32)nn1. The van der Waals surface area contributed by atoms with Crippen molar-refractivity contribution in [3.63, 3.8) is 0 Å². The van der Waals surface area contributed by atoms with Crippen LogP contribution in [-0.4, -0.2) is 69.2 Å². The number of rotatable bonds is 8. The van der Waals surface area contributed by atoms with Crippen LogP contribution in [0.1, 0.15) is 34.5 Å². The van der Waals surface area contributed by atoms with Crippen LogP contribution in [0, 0.1) is 0 Å². The van der Waals surface area contributed by atoms with Gasteiger partial charge >= 0.3 is 12.1 Å². The predicted octanol–water partition coefficient (Wildman–Crippen LogP) is 2.36. The van der Waals surface area contributed by atoms with E-state index in [0.29, 0.717) is 0 Å². The maximum absolute atomic E-state index is 12.3. The fourth-order valence-electron chi connectivity index (χ4n) is 3.95. The van der Waals surface area contributed by atoms with Gasteiger partial charge in [0.05, 0.1) is 12.7 Å². The molecule has 0 radical (unpaired) electrons. The molecule has 2 N–H and O–H groups in total. The zero-order valence-corrected chi connectivity index (χ0v) is 18.8. The smallest absolute Gasteiger partial charge is 0.407 e. The van der Waals surface area contributed by atoms with Crippen molar-refractivity contribution in [2.75, 3.05) is 20.2 Å². The molecule has 34 heavy (non-hydrogen) atoms. The lowest BCUT2D eigenvalue weighted by molar-refractivity contribution is -0.141. The molecule has 1 aliphatic carbocycles. The van der Waals surface area contributed by atoms with Crippen molar-refractivity contribution in [3.05, 3.63) is 71.5 Å². The van der Waals surface area contributed by atoms with E-state index in [1.807, 2.05) is 24.3 Å². The van der Waals surface area contributed by atoms with Crippen LogP contribution in [0.25, 0.3) is 11.1 Å². The summed E-state index contributed by atoms with van der Waals surface area (Å²) in [4.78, 5) is 36.7. The summed E-state index contributed by atoms with van der Waals surface area (Å²) < 4.78 is 6.89. The number of carboxylic acids is 1. The molecule has 3 aromatic rings. The Bertz CT molecular complexity index is 1180. The molecule has 0 saturated heterocycles. The Balaban J connectivity index is 1.28. The molecule has 4 rings (SSSR count). The van der Waals surface area contributed by atoms with Gasteiger partial charge < -0.3 is 20.1 Å². The number of hydrogen-bond acceptors (Lipinski definition) is 6. The van der Waals surface area contributed by atoms with E-state index < -0.39 is 24.0 Å². The molecule has 0 spiro atoms. The van der Waals surface area contributed by atoms with Gasteiger partial charge in [-0.2, -0.15) is 0 Å². The van der Waals surface area contributed by atoms with E-state index in [2.05, 4.69) is 39.9 Å². The molecule has 1 aromatic heterocycles. The molecule has 176 valence electrons. The highest BCUT2D eigenvalue weighted by Crippen LogP contribution is 2.44. The van der Waals surface area contributed by atoms with Crippen LogP contribution in [0.5, 0.6) is 0 Å². The molecule has 0 unspecified atom stereocenters. The Morgan fingerprint density at radius 3 is 2.35 bits per heavy atom. The van der Waals surface area contributed by atoms with Crippen molar-refractivity contribution in [2.24, 2.45) is 0 Å². The maximum atomic E-state index is 12.3. The number of hydrogen-bond donors (Lipinski definition) is 2. The lowest BCUT2D eigenvalue weighted by atomic mass is 9.98. The van der Waals surface area contributed by atoms with Gasteiger partial charge in [-0.15, -0.1) is 5.10 Å². The van der Waals surface area contributed by atoms with Crippen molar-refractivity contribution in [1.82, 2.24) is 25.2 Å². The van der Waals surface area contributed by atoms with Gasteiger partial charge in [0.25, 0.3) is 5.91 Å². The van der Waals surface area contributed by atoms with Crippen LogP contribution in [0.2, 0.25) is 0 Å². The number of amides is 2. The molecular formula is C24H25N5O5. The Morgan fingerprint density at radius 2 is 1.74 bits per heavy atom. The third-order valence-corrected chi connectivity index (χ3v) is 5.97. The molecule has 0 aliphatic heterocycles. The van der Waals surface area contributed by atoms with Crippen LogP contribution < -0.4 is 5.32 Å². The number of aliphatic carboxylic acids is 1. The summed E-state index contributed by atoms with van der Waals surface area (Å²) in [5.41, 5.74) is 4.62. The Kier molecular flexibility index (Phi) is 6.58. The third-order valence-electron chi connectivity index (χ3n) is 5.97. The molecule has 1 heterocycles. The largest absolute Gasteiger partial charge is 0.480 e. The minimum Gasteiger partial charge on any atom is -0.480 e. The number of carbonyl (C=O) groups excluding carboxylic acids is 2. The number of fused-ring (bicyclic) bond motifs is 3. The van der Waals surface area contributed by atoms with Gasteiger partial charge in [-0.3, -0.25) is 4.79 Å². The zero-order valence-electron chi connectivity index (χ0n) is 18.8. The molecule has 2 aromatic carbocycles. The van der Waals surface area contributed by atoms with Gasteiger partial charge in [0.15, 0.2) is 5.69 Å². The van der Waals surface area contributed by atoms with Gasteiger partial charge in [0, 0.05) is 19.5 Å². The zero-order chi connectivity index (χ0) is 24.2. The highest BCUT2D eigenvalue weighted by Gasteiger charge is 2.29. The molecule has 2 amide bonds. The number of benzene rings is 2. The van der Waals surface area contributed by atoms with E-state index in [1.54, 1.807) is 0 Å². The second kappa shape index (κ2) is 9.74. The second-order valence-electron chi connectivity index (χ2n) is 8.05. The summed E-state index contributed by atoms with van der Waals surface area (Å²) in [6, 6.07) is 15.2. The summed E-state index contributed by atoms with van der Waals surface area (Å²) in [5, 5.41) is 19.4. The molecule has 1 atom stereocenters. The summed E-state index contributed by atoms with van der Waals surface area (Å²) in [5.74, 6) is -1.69. The highest BCUT2D eigenvalue weighted by atomic mass is 16.5. The van der Waals surface area contributed by atoms with E-state index in [1.165, 1.54) is 24.9 Å². The van der Waals surface area contributed by atoms with E-state index in [4.69, 9.17) is 9.84 Å². The van der Waals surface area contributed by atoms with E-state index in [0.717, 1.165) is 27.2 Å². The summed E-state index contributed by atoms with van der Waals surface area (Å²) in [6.07, 6.45) is 0.862. The number of carbonyl (C=O) groups is 3. The van der Waals surface area contributed by atoms with Crippen molar-refractivity contribution in [3.8, 4) is 11.1 Å². The number of aromatic nitrogens is 3. The van der Waals surface area contributed by atoms with Crippen molar-refractivity contribution >= 4 is 18.0 Å². The van der Waals surface area contributed by atoms with Crippen molar-refractivity contribution in [1.29, 1.82) is 0 Å². The average molecular weight is 463 g/mol. The van der Waals surface area contributed by atoms with Crippen LogP contribution in [0.3, 0.4) is 0 Å². The fraction of sp³-hybridized carbons (Fsp3) is 0.292. The van der Waals surface area contributed by atoms with E-state index >= 15 is 0 Å². The predicted molar refractivity (Wildman–Crippen MR) is 122 cm³/mol. The molecule has 10 nitrogen and oxygen atoms in total. The lowest BCUT2D eigenvalue weighted by Crippen LogP contribution is -2.40. The molecular weight excluding hydrogens is 438 g/mol. The van der Waals surface area contributed by atoms with Crippen LogP contribution in [-0.2, 0) is 16.1 Å². The average Bonchev–Trinajstić information content (AvgIpc) is 3.44. The van der Waals surface area contributed by atoms with Crippen LogP contribution in [0.4, 0.5) is 4.79 Å². The van der Waals surface area contributed by atoms with Crippen molar-refractivity contribution < 1.29 is 24.2 Å². The number of alkyl carbamates (subject to hydrolysis) is 1. The van der Waals surface area contributed by atoms with Gasteiger partial charge in [-0.1, -0.05) is 53.7 Å². The van der Waals surface area contributed by atoms with Gasteiger partial charge in [0.1, 0.15) is 12.6 Å². The Morgan fingerprint density at radius 1 is 1.12 bits per heavy atom. The topological polar surface area (TPSA) is 127 Å². The number of carboxylic acid groups (broad SMARTS) is 1. The van der Waals surface area contributed by atoms with Crippen molar-refractivity contribution in [2.45, 2.75) is 25.4 Å². The Labute approximate surface area is 196 Å². The first-order valence-corrected chi connectivity index (χ1v) is 10.9. The maximum Gasteiger partial charge on any atom is 0.407 e. The molecule has 0 saturated carbocycles. The molecule has 1 aliphatic rings. The standard InChI is InChI=1S/C24H25N5O5/c1-15(23(31)32)28(2)22(30)21-13-29(27-26-21)12-11-25-24(33)34-14-20-18-9-5-3-7-16(18)17-8-4-6-10-19(17)20/h3-10,13,15,20H,11-12,14H2,1-2H3,(H,25,33)(H,31,32)/t15-/m0/s1.